The number of aliphatic imine (C=N–C) groups is 1. The maximum atomic E-state index is 11.4. The fraction of sp³-hybridized carbons (Fsp3) is 0.294. The van der Waals surface area contributed by atoms with Crippen LogP contribution >= 0.6 is 23.2 Å². The monoisotopic (exact) mass is 336 g/mol. The van der Waals surface area contributed by atoms with Crippen molar-refractivity contribution in [1.82, 2.24) is 0 Å². The molecule has 0 saturated heterocycles. The van der Waals surface area contributed by atoms with E-state index in [2.05, 4.69) is 9.89 Å². The molecule has 0 radical (unpaired) electrons. The molecule has 116 valence electrons. The summed E-state index contributed by atoms with van der Waals surface area (Å²) in [5.74, 6) is 1.15. The number of allylic oxidation sites excluding steroid dienone is 4. The quantitative estimate of drug-likeness (QED) is 0.578. The summed E-state index contributed by atoms with van der Waals surface area (Å²) in [4.78, 5) is 18.1. The molecule has 22 heavy (non-hydrogen) atoms. The lowest BCUT2D eigenvalue weighted by Crippen LogP contribution is -2.27. The lowest BCUT2D eigenvalue weighted by Gasteiger charge is -2.22. The van der Waals surface area contributed by atoms with E-state index in [-0.39, 0.29) is 5.78 Å². The van der Waals surface area contributed by atoms with Gasteiger partial charge in [-0.3, -0.25) is 4.79 Å². The third kappa shape index (κ3) is 4.46. The molecule has 1 aromatic carbocycles. The van der Waals surface area contributed by atoms with Crippen LogP contribution in [0.1, 0.15) is 6.92 Å². The second kappa shape index (κ2) is 8.16. The van der Waals surface area contributed by atoms with Crippen molar-refractivity contribution in [2.45, 2.75) is 6.92 Å². The highest BCUT2D eigenvalue weighted by Crippen LogP contribution is 2.21. The summed E-state index contributed by atoms with van der Waals surface area (Å²) in [5, 5.41) is 0. The van der Waals surface area contributed by atoms with E-state index in [1.165, 1.54) is 0 Å². The standard InChI is InChI=1S/C17H18Cl2N2O/c1-13-12-15(4-7-17(13)22)20-14-2-5-16(6-3-14)21(10-8-18)11-9-19/h2-7,12H,8-11H2,1H3. The topological polar surface area (TPSA) is 32.7 Å². The number of halogens is 2. The van der Waals surface area contributed by atoms with Crippen molar-refractivity contribution in [3.8, 4) is 0 Å². The highest BCUT2D eigenvalue weighted by Gasteiger charge is 2.08. The zero-order chi connectivity index (χ0) is 15.9. The molecule has 0 aliphatic heterocycles. The average Bonchev–Trinajstić information content (AvgIpc) is 2.52. The molecule has 0 atom stereocenters. The number of nitrogens with zero attached hydrogens (tertiary/aromatic N) is 2. The number of rotatable bonds is 6. The van der Waals surface area contributed by atoms with Crippen molar-refractivity contribution in [3.63, 3.8) is 0 Å². The molecular formula is C17H18Cl2N2O. The van der Waals surface area contributed by atoms with Gasteiger partial charge in [0.05, 0.1) is 11.4 Å². The molecule has 2 rings (SSSR count). The lowest BCUT2D eigenvalue weighted by molar-refractivity contribution is -0.111. The molecule has 0 spiro atoms. The molecule has 0 saturated carbocycles. The molecule has 0 N–H and O–H groups in total. The van der Waals surface area contributed by atoms with E-state index >= 15 is 0 Å². The van der Waals surface area contributed by atoms with E-state index in [0.717, 1.165) is 30.2 Å². The second-order valence-electron chi connectivity index (χ2n) is 4.94. The van der Waals surface area contributed by atoms with Gasteiger partial charge in [0.25, 0.3) is 0 Å². The second-order valence-corrected chi connectivity index (χ2v) is 5.70. The zero-order valence-electron chi connectivity index (χ0n) is 12.4. The number of benzene rings is 1. The van der Waals surface area contributed by atoms with Gasteiger partial charge in [-0.2, -0.15) is 0 Å². The SMILES string of the molecule is CC1=CC(=Nc2ccc(N(CCCl)CCCl)cc2)C=CC1=O. The molecule has 0 aromatic heterocycles. The summed E-state index contributed by atoms with van der Waals surface area (Å²) in [6, 6.07) is 7.91. The van der Waals surface area contributed by atoms with Crippen molar-refractivity contribution < 1.29 is 4.79 Å². The number of carbonyl (C=O) groups is 1. The number of ketones is 1. The maximum absolute atomic E-state index is 11.4. The van der Waals surface area contributed by atoms with Gasteiger partial charge in [-0.05, 0) is 55.0 Å². The smallest absolute Gasteiger partial charge is 0.181 e. The van der Waals surface area contributed by atoms with Crippen LogP contribution in [-0.4, -0.2) is 36.3 Å². The van der Waals surface area contributed by atoms with E-state index in [1.807, 2.05) is 24.3 Å². The fourth-order valence-electron chi connectivity index (χ4n) is 2.16. The minimum Gasteiger partial charge on any atom is -0.369 e. The third-order valence-corrected chi connectivity index (χ3v) is 3.68. The molecule has 0 fully saturated rings. The van der Waals surface area contributed by atoms with Crippen LogP contribution in [0.4, 0.5) is 11.4 Å². The van der Waals surface area contributed by atoms with Crippen LogP contribution in [-0.2, 0) is 4.79 Å². The van der Waals surface area contributed by atoms with E-state index in [0.29, 0.717) is 17.3 Å². The third-order valence-electron chi connectivity index (χ3n) is 3.34. The van der Waals surface area contributed by atoms with Crippen molar-refractivity contribution in [2.75, 3.05) is 29.7 Å². The minimum atomic E-state index is 0.0343. The minimum absolute atomic E-state index is 0.0343. The van der Waals surface area contributed by atoms with Gasteiger partial charge in [-0.1, -0.05) is 0 Å². The highest BCUT2D eigenvalue weighted by molar-refractivity contribution is 6.19. The summed E-state index contributed by atoms with van der Waals surface area (Å²) in [5.41, 5.74) is 3.40. The zero-order valence-corrected chi connectivity index (χ0v) is 13.9. The van der Waals surface area contributed by atoms with Crippen LogP contribution in [0.5, 0.6) is 0 Å². The largest absolute Gasteiger partial charge is 0.369 e. The van der Waals surface area contributed by atoms with Gasteiger partial charge in [-0.15, -0.1) is 23.2 Å². The number of anilines is 1. The van der Waals surface area contributed by atoms with Gasteiger partial charge >= 0.3 is 0 Å². The van der Waals surface area contributed by atoms with E-state index in [4.69, 9.17) is 23.2 Å². The van der Waals surface area contributed by atoms with Crippen molar-refractivity contribution in [3.05, 3.63) is 48.1 Å². The summed E-state index contributed by atoms with van der Waals surface area (Å²) in [6.45, 7) is 3.31. The first-order chi connectivity index (χ1) is 10.6. The number of alkyl halides is 2. The predicted octanol–water partition coefficient (Wildman–Crippen LogP) is 4.13. The van der Waals surface area contributed by atoms with Gasteiger partial charge in [-0.25, -0.2) is 4.99 Å². The molecule has 0 amide bonds. The summed E-state index contributed by atoms with van der Waals surface area (Å²) in [6.07, 6.45) is 5.07. The van der Waals surface area contributed by atoms with Crippen molar-refractivity contribution >= 4 is 46.1 Å². The molecule has 1 aromatic rings. The molecule has 0 heterocycles. The molecule has 0 unspecified atom stereocenters. The van der Waals surface area contributed by atoms with E-state index < -0.39 is 0 Å². The highest BCUT2D eigenvalue weighted by atomic mass is 35.5. The first-order valence-electron chi connectivity index (χ1n) is 7.10. The van der Waals surface area contributed by atoms with Gasteiger partial charge in [0.15, 0.2) is 5.78 Å². The fourth-order valence-corrected chi connectivity index (χ4v) is 2.57. The normalized spacial score (nSPS) is 16.0. The Hall–Kier alpha value is -1.58. The molecule has 0 bridgehead atoms. The molecule has 1 aliphatic carbocycles. The van der Waals surface area contributed by atoms with Gasteiger partial charge in [0, 0.05) is 30.5 Å². The van der Waals surface area contributed by atoms with Crippen LogP contribution in [0.25, 0.3) is 0 Å². The Bertz CT molecular complexity index is 612. The van der Waals surface area contributed by atoms with Crippen LogP contribution in [0.3, 0.4) is 0 Å². The summed E-state index contributed by atoms with van der Waals surface area (Å²) >= 11 is 11.6. The maximum Gasteiger partial charge on any atom is 0.181 e. The molecule has 3 nitrogen and oxygen atoms in total. The van der Waals surface area contributed by atoms with Gasteiger partial charge in [0.1, 0.15) is 0 Å². The number of hydrogen-bond acceptors (Lipinski definition) is 3. The van der Waals surface area contributed by atoms with Crippen LogP contribution < -0.4 is 4.90 Å². The van der Waals surface area contributed by atoms with Crippen LogP contribution in [0, 0.1) is 0 Å². The van der Waals surface area contributed by atoms with Crippen LogP contribution in [0.15, 0.2) is 53.1 Å². The van der Waals surface area contributed by atoms with E-state index in [1.54, 1.807) is 25.2 Å². The first kappa shape index (κ1) is 16.8. The van der Waals surface area contributed by atoms with E-state index in [9.17, 15) is 4.79 Å². The van der Waals surface area contributed by atoms with Gasteiger partial charge < -0.3 is 4.90 Å². The Morgan fingerprint density at radius 1 is 1.05 bits per heavy atom. The first-order valence-corrected chi connectivity index (χ1v) is 8.17. The van der Waals surface area contributed by atoms with Crippen molar-refractivity contribution in [2.24, 2.45) is 4.99 Å². The predicted molar refractivity (Wildman–Crippen MR) is 95.1 cm³/mol. The molecular weight excluding hydrogens is 319 g/mol. The van der Waals surface area contributed by atoms with Crippen LogP contribution in [0.2, 0.25) is 0 Å². The van der Waals surface area contributed by atoms with Crippen molar-refractivity contribution in [1.29, 1.82) is 0 Å². The average molecular weight is 337 g/mol. The molecule has 1 aliphatic rings. The lowest BCUT2D eigenvalue weighted by atomic mass is 10.1. The summed E-state index contributed by atoms with van der Waals surface area (Å²) in [7, 11) is 0. The summed E-state index contributed by atoms with van der Waals surface area (Å²) < 4.78 is 0. The Labute approximate surface area is 140 Å². The van der Waals surface area contributed by atoms with Gasteiger partial charge in [0.2, 0.25) is 0 Å². The Kier molecular flexibility index (Phi) is 6.22. The Morgan fingerprint density at radius 3 is 2.23 bits per heavy atom. The molecule has 5 heteroatoms. The number of carbonyl (C=O) groups excluding carboxylic acids is 1. The Morgan fingerprint density at radius 2 is 1.68 bits per heavy atom. The Balaban J connectivity index is 2.15. The number of hydrogen-bond donors (Lipinski definition) is 0.